The first kappa shape index (κ1) is 15.8. The quantitative estimate of drug-likeness (QED) is 0.783. The fourth-order valence-corrected chi connectivity index (χ4v) is 2.87. The van der Waals surface area contributed by atoms with Crippen molar-refractivity contribution in [1.29, 1.82) is 0 Å². The number of anilines is 1. The SMILES string of the molecule is CCNC(CN(C)c1ccc(F)cc1)(C(=O)OC)C1CC1. The van der Waals surface area contributed by atoms with Gasteiger partial charge in [0, 0.05) is 19.3 Å². The number of ether oxygens (including phenoxy) is 1. The number of nitrogens with zero attached hydrogens (tertiary/aromatic N) is 1. The van der Waals surface area contributed by atoms with Crippen LogP contribution in [0.15, 0.2) is 24.3 Å². The summed E-state index contributed by atoms with van der Waals surface area (Å²) in [6.45, 7) is 3.19. The Hall–Kier alpha value is -1.62. The summed E-state index contributed by atoms with van der Waals surface area (Å²) < 4.78 is 18.1. The lowest BCUT2D eigenvalue weighted by Gasteiger charge is -2.36. The van der Waals surface area contributed by atoms with Crippen molar-refractivity contribution >= 4 is 11.7 Å². The molecule has 116 valence electrons. The van der Waals surface area contributed by atoms with Crippen LogP contribution in [0.4, 0.5) is 10.1 Å². The van der Waals surface area contributed by atoms with Crippen LogP contribution in [-0.2, 0) is 9.53 Å². The van der Waals surface area contributed by atoms with Gasteiger partial charge in [-0.25, -0.2) is 9.18 Å². The van der Waals surface area contributed by atoms with Crippen LogP contribution in [0.1, 0.15) is 19.8 Å². The van der Waals surface area contributed by atoms with Crippen LogP contribution >= 0.6 is 0 Å². The molecule has 0 radical (unpaired) electrons. The highest BCUT2D eigenvalue weighted by Crippen LogP contribution is 2.41. The van der Waals surface area contributed by atoms with Gasteiger partial charge in [0.2, 0.25) is 0 Å². The van der Waals surface area contributed by atoms with Crippen molar-refractivity contribution in [3.05, 3.63) is 30.1 Å². The fourth-order valence-electron chi connectivity index (χ4n) is 2.87. The molecule has 0 aromatic heterocycles. The summed E-state index contributed by atoms with van der Waals surface area (Å²) in [6.07, 6.45) is 2.05. The topological polar surface area (TPSA) is 41.6 Å². The van der Waals surface area contributed by atoms with Crippen LogP contribution in [0.2, 0.25) is 0 Å². The largest absolute Gasteiger partial charge is 0.468 e. The third-order valence-corrected chi connectivity index (χ3v) is 4.07. The molecule has 0 spiro atoms. The molecule has 1 saturated carbocycles. The molecule has 0 amide bonds. The lowest BCUT2D eigenvalue weighted by atomic mass is 9.92. The molecule has 0 aliphatic heterocycles. The fraction of sp³-hybridized carbons (Fsp3) is 0.562. The van der Waals surface area contributed by atoms with E-state index in [-0.39, 0.29) is 11.8 Å². The number of hydrogen-bond acceptors (Lipinski definition) is 4. The highest BCUT2D eigenvalue weighted by molar-refractivity contribution is 5.83. The van der Waals surface area contributed by atoms with Crippen molar-refractivity contribution in [2.24, 2.45) is 5.92 Å². The van der Waals surface area contributed by atoms with Crippen LogP contribution < -0.4 is 10.2 Å². The van der Waals surface area contributed by atoms with E-state index in [1.54, 1.807) is 12.1 Å². The second-order valence-electron chi connectivity index (χ2n) is 5.60. The number of nitrogens with one attached hydrogen (secondary N) is 1. The molecule has 0 bridgehead atoms. The van der Waals surface area contributed by atoms with E-state index in [1.807, 2.05) is 18.9 Å². The van der Waals surface area contributed by atoms with E-state index in [0.29, 0.717) is 19.0 Å². The standard InChI is InChI=1S/C16H23FN2O2/c1-4-18-16(12-5-6-12,15(20)21-3)11-19(2)14-9-7-13(17)8-10-14/h7-10,12,18H,4-6,11H2,1-3H3. The van der Waals surface area contributed by atoms with E-state index in [2.05, 4.69) is 5.32 Å². The van der Waals surface area contributed by atoms with Gasteiger partial charge in [0.1, 0.15) is 11.4 Å². The number of carbonyl (C=O) groups excluding carboxylic acids is 1. The van der Waals surface area contributed by atoms with Gasteiger partial charge in [0.25, 0.3) is 0 Å². The molecular weight excluding hydrogens is 271 g/mol. The maximum absolute atomic E-state index is 13.0. The van der Waals surface area contributed by atoms with Crippen LogP contribution in [0.5, 0.6) is 0 Å². The Balaban J connectivity index is 2.21. The lowest BCUT2D eigenvalue weighted by Crippen LogP contribution is -2.60. The summed E-state index contributed by atoms with van der Waals surface area (Å²) in [5.74, 6) is -0.186. The summed E-state index contributed by atoms with van der Waals surface area (Å²) in [6, 6.07) is 6.29. The number of methoxy groups -OCH3 is 1. The van der Waals surface area contributed by atoms with E-state index in [4.69, 9.17) is 4.74 Å². The summed E-state index contributed by atoms with van der Waals surface area (Å²) in [5.41, 5.74) is 0.190. The minimum absolute atomic E-state index is 0.221. The van der Waals surface area contributed by atoms with Gasteiger partial charge in [-0.1, -0.05) is 6.92 Å². The smallest absolute Gasteiger partial charge is 0.328 e. The molecule has 1 unspecified atom stereocenters. The minimum Gasteiger partial charge on any atom is -0.468 e. The third-order valence-electron chi connectivity index (χ3n) is 4.07. The maximum atomic E-state index is 13.0. The molecule has 1 fully saturated rings. The zero-order valence-electron chi connectivity index (χ0n) is 12.9. The van der Waals surface area contributed by atoms with E-state index in [9.17, 15) is 9.18 Å². The molecule has 1 aliphatic carbocycles. The monoisotopic (exact) mass is 294 g/mol. The molecule has 1 aromatic carbocycles. The van der Waals surface area contributed by atoms with Crippen LogP contribution in [0.25, 0.3) is 0 Å². The lowest BCUT2D eigenvalue weighted by molar-refractivity contribution is -0.149. The van der Waals surface area contributed by atoms with Crippen molar-refractivity contribution < 1.29 is 13.9 Å². The van der Waals surface area contributed by atoms with Gasteiger partial charge in [0.05, 0.1) is 7.11 Å². The van der Waals surface area contributed by atoms with Gasteiger partial charge in [0.15, 0.2) is 0 Å². The number of halogens is 1. The van der Waals surface area contributed by atoms with E-state index < -0.39 is 5.54 Å². The van der Waals surface area contributed by atoms with Gasteiger partial charge in [-0.3, -0.25) is 0 Å². The summed E-state index contributed by atoms with van der Waals surface area (Å²) >= 11 is 0. The van der Waals surface area contributed by atoms with Gasteiger partial charge >= 0.3 is 5.97 Å². The van der Waals surface area contributed by atoms with Crippen LogP contribution in [-0.4, -0.2) is 38.8 Å². The second kappa shape index (κ2) is 6.43. The predicted octanol–water partition coefficient (Wildman–Crippen LogP) is 2.19. The number of likely N-dealkylation sites (N-methyl/N-ethyl adjacent to an activating group) is 2. The molecule has 1 N–H and O–H groups in total. The first-order valence-electron chi connectivity index (χ1n) is 7.33. The first-order valence-corrected chi connectivity index (χ1v) is 7.33. The normalized spacial score (nSPS) is 17.1. The summed E-state index contributed by atoms with van der Waals surface area (Å²) in [7, 11) is 3.33. The van der Waals surface area contributed by atoms with E-state index in [1.165, 1.54) is 19.2 Å². The number of benzene rings is 1. The molecule has 21 heavy (non-hydrogen) atoms. The number of rotatable bonds is 7. The van der Waals surface area contributed by atoms with Gasteiger partial charge in [-0.15, -0.1) is 0 Å². The summed E-state index contributed by atoms with van der Waals surface area (Å²) in [5, 5.41) is 3.33. The Morgan fingerprint density at radius 3 is 2.52 bits per heavy atom. The van der Waals surface area contributed by atoms with Crippen molar-refractivity contribution in [3.8, 4) is 0 Å². The average molecular weight is 294 g/mol. The second-order valence-corrected chi connectivity index (χ2v) is 5.60. The van der Waals surface area contributed by atoms with Crippen molar-refractivity contribution in [3.63, 3.8) is 0 Å². The Morgan fingerprint density at radius 1 is 1.43 bits per heavy atom. The predicted molar refractivity (Wildman–Crippen MR) is 80.8 cm³/mol. The van der Waals surface area contributed by atoms with Gasteiger partial charge in [-0.2, -0.15) is 0 Å². The minimum atomic E-state index is -0.688. The first-order chi connectivity index (χ1) is 10.0. The van der Waals surface area contributed by atoms with E-state index >= 15 is 0 Å². The van der Waals surface area contributed by atoms with Crippen LogP contribution in [0.3, 0.4) is 0 Å². The zero-order valence-corrected chi connectivity index (χ0v) is 12.9. The molecule has 2 rings (SSSR count). The van der Waals surface area contributed by atoms with Crippen molar-refractivity contribution in [2.75, 3.05) is 32.1 Å². The molecule has 0 saturated heterocycles. The van der Waals surface area contributed by atoms with Crippen LogP contribution in [0, 0.1) is 11.7 Å². The summed E-state index contributed by atoms with van der Waals surface area (Å²) in [4.78, 5) is 14.3. The molecule has 1 aromatic rings. The van der Waals surface area contributed by atoms with Gasteiger partial charge < -0.3 is 15.0 Å². The van der Waals surface area contributed by atoms with Crippen molar-refractivity contribution in [1.82, 2.24) is 5.32 Å². The highest BCUT2D eigenvalue weighted by atomic mass is 19.1. The molecular formula is C16H23FN2O2. The third kappa shape index (κ3) is 3.35. The molecule has 1 aliphatic rings. The maximum Gasteiger partial charge on any atom is 0.328 e. The molecule has 1 atom stereocenters. The number of esters is 1. The van der Waals surface area contributed by atoms with Gasteiger partial charge in [-0.05, 0) is 49.6 Å². The van der Waals surface area contributed by atoms with E-state index in [0.717, 1.165) is 18.5 Å². The molecule has 5 heteroatoms. The Morgan fingerprint density at radius 2 is 2.05 bits per heavy atom. The molecule has 0 heterocycles. The Labute approximate surface area is 125 Å². The highest BCUT2D eigenvalue weighted by Gasteiger charge is 2.52. The Bertz CT molecular complexity index is 488. The average Bonchev–Trinajstić information content (AvgIpc) is 3.31. The number of hydrogen-bond donors (Lipinski definition) is 1. The van der Waals surface area contributed by atoms with Crippen molar-refractivity contribution in [2.45, 2.75) is 25.3 Å². The zero-order chi connectivity index (χ0) is 15.5. The Kier molecular flexibility index (Phi) is 4.83. The number of carbonyl (C=O) groups is 1. The molecule has 4 nitrogen and oxygen atoms in total.